The quantitative estimate of drug-likeness (QED) is 0.596. The molecular formula is C22H22ClF3N2O5. The van der Waals surface area contributed by atoms with Crippen molar-refractivity contribution in [2.75, 3.05) is 0 Å². The van der Waals surface area contributed by atoms with E-state index in [1.54, 1.807) is 24.3 Å². The van der Waals surface area contributed by atoms with Crippen LogP contribution in [0.5, 0.6) is 5.75 Å². The van der Waals surface area contributed by atoms with Gasteiger partial charge in [0.1, 0.15) is 11.5 Å². The summed E-state index contributed by atoms with van der Waals surface area (Å²) in [7, 11) is 0. The lowest BCUT2D eigenvalue weighted by atomic mass is 9.80. The van der Waals surface area contributed by atoms with E-state index in [-0.39, 0.29) is 25.2 Å². The number of nitrogens with one attached hydrogen (secondary N) is 1. The first-order valence-corrected chi connectivity index (χ1v) is 10.8. The van der Waals surface area contributed by atoms with E-state index in [1.165, 1.54) is 0 Å². The van der Waals surface area contributed by atoms with Gasteiger partial charge in [-0.3, -0.25) is 9.53 Å². The lowest BCUT2D eigenvalue weighted by Gasteiger charge is -2.33. The topological polar surface area (TPSA) is 93.8 Å². The highest BCUT2D eigenvalue weighted by molar-refractivity contribution is 6.30. The minimum Gasteiger partial charge on any atom is -0.480 e. The Bertz CT molecular complexity index is 1040. The third kappa shape index (κ3) is 5.87. The van der Waals surface area contributed by atoms with Crippen molar-refractivity contribution in [1.29, 1.82) is 0 Å². The molecule has 1 aliphatic heterocycles. The summed E-state index contributed by atoms with van der Waals surface area (Å²) < 4.78 is 51.6. The Hall–Kier alpha value is -2.56. The smallest absolute Gasteiger partial charge is 0.480 e. The number of carbonyl (C=O) groups excluding carboxylic acids is 1. The number of hydrogen-bond acceptors (Lipinski definition) is 6. The number of allylic oxidation sites excluding steroid dienone is 1. The monoisotopic (exact) mass is 486 g/mol. The molecule has 1 amide bonds. The molecule has 4 rings (SSSR count). The van der Waals surface area contributed by atoms with E-state index >= 15 is 0 Å². The fraction of sp³-hybridized carbons (Fsp3) is 0.455. The number of nitrogens with zero attached hydrogens (tertiary/aromatic N) is 1. The Morgan fingerprint density at radius 1 is 1.30 bits per heavy atom. The highest BCUT2D eigenvalue weighted by atomic mass is 35.5. The van der Waals surface area contributed by atoms with E-state index in [9.17, 15) is 23.1 Å². The van der Waals surface area contributed by atoms with Gasteiger partial charge < -0.3 is 19.7 Å². The molecule has 2 atom stereocenters. The maximum atomic E-state index is 12.6. The van der Waals surface area contributed by atoms with Crippen LogP contribution < -0.4 is 10.1 Å². The molecule has 1 aromatic carbocycles. The highest BCUT2D eigenvalue weighted by Gasteiger charge is 2.42. The van der Waals surface area contributed by atoms with Gasteiger partial charge in [0.2, 0.25) is 0 Å². The highest BCUT2D eigenvalue weighted by Crippen LogP contribution is 2.41. The van der Waals surface area contributed by atoms with Crippen LogP contribution in [-0.2, 0) is 16.0 Å². The summed E-state index contributed by atoms with van der Waals surface area (Å²) in [6, 6.07) is 6.53. The van der Waals surface area contributed by atoms with Crippen molar-refractivity contribution in [3.63, 3.8) is 0 Å². The van der Waals surface area contributed by atoms with Gasteiger partial charge in [-0.25, -0.2) is 0 Å². The summed E-state index contributed by atoms with van der Waals surface area (Å²) in [5, 5.41) is 17.4. The third-order valence-corrected chi connectivity index (χ3v) is 5.92. The maximum Gasteiger partial charge on any atom is 0.522 e. The number of aliphatic hydroxyl groups excluding tert-OH is 1. The van der Waals surface area contributed by atoms with Crippen LogP contribution >= 0.6 is 11.6 Å². The van der Waals surface area contributed by atoms with Crippen LogP contribution in [0.4, 0.5) is 13.2 Å². The predicted molar refractivity (Wildman–Crippen MR) is 110 cm³/mol. The van der Waals surface area contributed by atoms with Crippen molar-refractivity contribution >= 4 is 17.5 Å². The zero-order valence-corrected chi connectivity index (χ0v) is 18.2. The molecule has 1 aliphatic carbocycles. The number of rotatable bonds is 7. The van der Waals surface area contributed by atoms with Crippen LogP contribution in [-0.4, -0.2) is 34.7 Å². The van der Waals surface area contributed by atoms with Crippen LogP contribution in [0.3, 0.4) is 0 Å². The summed E-state index contributed by atoms with van der Waals surface area (Å²) >= 11 is 5.94. The zero-order chi connectivity index (χ0) is 23.8. The number of aliphatic hydroxyl groups is 1. The first-order valence-electron chi connectivity index (χ1n) is 10.4. The number of carbonyl (C=O) groups is 1. The Kier molecular flexibility index (Phi) is 6.69. The minimum atomic E-state index is -4.63. The number of halogens is 4. The number of ether oxygens (including phenoxy) is 2. The van der Waals surface area contributed by atoms with Crippen molar-refractivity contribution in [2.45, 2.75) is 62.7 Å². The lowest BCUT2D eigenvalue weighted by Crippen LogP contribution is -2.41. The van der Waals surface area contributed by atoms with Crippen LogP contribution in [0.25, 0.3) is 0 Å². The molecule has 1 saturated carbocycles. The second kappa shape index (κ2) is 9.36. The van der Waals surface area contributed by atoms with Crippen LogP contribution in [0.2, 0.25) is 5.02 Å². The van der Waals surface area contributed by atoms with Gasteiger partial charge in [-0.15, -0.1) is 13.2 Å². The Morgan fingerprint density at radius 2 is 2.06 bits per heavy atom. The molecule has 2 N–H and O–H groups in total. The van der Waals surface area contributed by atoms with Crippen molar-refractivity contribution in [3.05, 3.63) is 58.6 Å². The standard InChI is InChI=1S/C22H22ClF3N2O5/c1-11(27-21(30)20-10-17(29)16-8-13(23)3-5-18(16)31-20)2-4-14-9-19(33-28-14)12-6-15(7-12)32-22(24,25)26/h3,5,8-9,12,15,17,20,29H,1-2,4,6-7,10H2,(H,27,30)/t12?,15?,17-,20+/m1/s1. The number of fused-ring (bicyclic) bond motifs is 1. The zero-order valence-electron chi connectivity index (χ0n) is 17.4. The number of hydrogen-bond donors (Lipinski definition) is 2. The second-order valence-corrected chi connectivity index (χ2v) is 8.64. The van der Waals surface area contributed by atoms with E-state index in [0.29, 0.717) is 46.3 Å². The predicted octanol–water partition coefficient (Wildman–Crippen LogP) is 4.56. The maximum absolute atomic E-state index is 12.6. The van der Waals surface area contributed by atoms with Gasteiger partial charge in [-0.2, -0.15) is 0 Å². The fourth-order valence-electron chi connectivity index (χ4n) is 3.90. The average molecular weight is 487 g/mol. The van der Waals surface area contributed by atoms with Gasteiger partial charge in [0.05, 0.1) is 17.9 Å². The molecule has 2 aliphatic rings. The van der Waals surface area contributed by atoms with Crippen molar-refractivity contribution < 1.29 is 37.1 Å². The van der Waals surface area contributed by atoms with Gasteiger partial charge in [0, 0.05) is 34.7 Å². The first-order chi connectivity index (χ1) is 15.6. The molecule has 0 saturated heterocycles. The molecule has 0 radical (unpaired) electrons. The summed E-state index contributed by atoms with van der Waals surface area (Å²) in [5.41, 5.74) is 1.58. The third-order valence-electron chi connectivity index (χ3n) is 5.69. The molecule has 0 spiro atoms. The minimum absolute atomic E-state index is 0.0829. The van der Waals surface area contributed by atoms with Crippen LogP contribution in [0.1, 0.15) is 54.7 Å². The van der Waals surface area contributed by atoms with Gasteiger partial charge in [0.25, 0.3) is 5.91 Å². The SMILES string of the molecule is C=C(CCc1cc(C2CC(OC(F)(F)F)C2)on1)NC(=O)[C@@H]1C[C@@H](O)c2cc(Cl)ccc2O1. The van der Waals surface area contributed by atoms with E-state index in [2.05, 4.69) is 21.8 Å². The largest absolute Gasteiger partial charge is 0.522 e. The van der Waals surface area contributed by atoms with Crippen LogP contribution in [0, 0.1) is 0 Å². The fourth-order valence-corrected chi connectivity index (χ4v) is 4.08. The van der Waals surface area contributed by atoms with E-state index < -0.39 is 30.6 Å². The molecule has 2 aromatic rings. The van der Waals surface area contributed by atoms with Crippen molar-refractivity contribution in [3.8, 4) is 5.75 Å². The molecule has 33 heavy (non-hydrogen) atoms. The van der Waals surface area contributed by atoms with E-state index in [1.807, 2.05) is 0 Å². The number of aryl methyl sites for hydroxylation is 1. The number of alkyl halides is 3. The summed E-state index contributed by atoms with van der Waals surface area (Å²) in [4.78, 5) is 12.6. The molecule has 11 heteroatoms. The Balaban J connectivity index is 1.23. The van der Waals surface area contributed by atoms with Gasteiger partial charge >= 0.3 is 6.36 Å². The summed E-state index contributed by atoms with van der Waals surface area (Å²) in [6.45, 7) is 3.84. The normalized spacial score (nSPS) is 24.4. The molecule has 0 unspecified atom stereocenters. The molecule has 0 bridgehead atoms. The number of aromatic nitrogens is 1. The second-order valence-electron chi connectivity index (χ2n) is 8.21. The molecule has 178 valence electrons. The number of benzene rings is 1. The van der Waals surface area contributed by atoms with Gasteiger partial charge in [-0.05, 0) is 43.9 Å². The molecule has 1 aromatic heterocycles. The van der Waals surface area contributed by atoms with Gasteiger partial charge in [-0.1, -0.05) is 23.3 Å². The summed E-state index contributed by atoms with van der Waals surface area (Å²) in [6.07, 6.45) is -5.92. The molecule has 1 fully saturated rings. The van der Waals surface area contributed by atoms with Crippen molar-refractivity contribution in [1.82, 2.24) is 10.5 Å². The van der Waals surface area contributed by atoms with Crippen LogP contribution in [0.15, 0.2) is 41.1 Å². The molecular weight excluding hydrogens is 465 g/mol. The van der Waals surface area contributed by atoms with E-state index in [0.717, 1.165) is 0 Å². The first kappa shape index (κ1) is 23.6. The van der Waals surface area contributed by atoms with Gasteiger partial charge in [0.15, 0.2) is 6.10 Å². The summed E-state index contributed by atoms with van der Waals surface area (Å²) in [5.74, 6) is 0.336. The van der Waals surface area contributed by atoms with E-state index in [4.69, 9.17) is 20.9 Å². The Morgan fingerprint density at radius 3 is 2.79 bits per heavy atom. The average Bonchev–Trinajstić information content (AvgIpc) is 3.17. The Labute approximate surface area is 192 Å². The lowest BCUT2D eigenvalue weighted by molar-refractivity contribution is -0.352. The number of amides is 1. The molecule has 2 heterocycles. The molecule has 7 nitrogen and oxygen atoms in total. The van der Waals surface area contributed by atoms with Crippen molar-refractivity contribution in [2.24, 2.45) is 0 Å².